The lowest BCUT2D eigenvalue weighted by atomic mass is 10.2. The highest BCUT2D eigenvalue weighted by Gasteiger charge is 2.16. The number of aryl methyl sites for hydroxylation is 1. The fraction of sp³-hybridized carbons (Fsp3) is 0.400. The number of rotatable bonds is 6. The van der Waals surface area contributed by atoms with Gasteiger partial charge in [0.2, 0.25) is 0 Å². The summed E-state index contributed by atoms with van der Waals surface area (Å²) in [6.45, 7) is 7.97. The molecule has 3 rings (SSSR count). The average molecular weight is 405 g/mol. The molecular formula is C20H25ClN4OS. The minimum absolute atomic E-state index is 0.666. The lowest BCUT2D eigenvalue weighted by molar-refractivity contribution is 0.0358. The largest absolute Gasteiger partial charge is 0.379 e. The van der Waals surface area contributed by atoms with Crippen molar-refractivity contribution < 1.29 is 4.74 Å². The SMILES string of the molecule is Cc1cccc(NC(=S)N(CCN2CCOCC2)Cc2cccnc2)c1Cl. The predicted octanol–water partition coefficient (Wildman–Crippen LogP) is 3.57. The number of morpholine rings is 1. The van der Waals surface area contributed by atoms with Crippen molar-refractivity contribution in [3.63, 3.8) is 0 Å². The number of hydrogen-bond acceptors (Lipinski definition) is 4. The fourth-order valence-electron chi connectivity index (χ4n) is 2.99. The summed E-state index contributed by atoms with van der Waals surface area (Å²) in [6, 6.07) is 9.93. The van der Waals surface area contributed by atoms with Gasteiger partial charge in [0.1, 0.15) is 0 Å². The lowest BCUT2D eigenvalue weighted by Crippen LogP contribution is -2.44. The number of pyridine rings is 1. The maximum absolute atomic E-state index is 6.43. The number of thiocarbonyl (C=S) groups is 1. The molecule has 0 unspecified atom stereocenters. The van der Waals surface area contributed by atoms with Gasteiger partial charge in [-0.25, -0.2) is 0 Å². The van der Waals surface area contributed by atoms with Crippen molar-refractivity contribution in [3.05, 3.63) is 58.9 Å². The summed E-state index contributed by atoms with van der Waals surface area (Å²) in [5.74, 6) is 0. The molecule has 0 aliphatic carbocycles. The molecule has 0 radical (unpaired) electrons. The van der Waals surface area contributed by atoms with E-state index >= 15 is 0 Å². The maximum Gasteiger partial charge on any atom is 0.173 e. The normalized spacial score (nSPS) is 14.7. The van der Waals surface area contributed by atoms with Crippen molar-refractivity contribution >= 4 is 34.6 Å². The van der Waals surface area contributed by atoms with Crippen LogP contribution in [-0.4, -0.2) is 59.3 Å². The molecule has 2 aromatic rings. The molecule has 1 fully saturated rings. The summed E-state index contributed by atoms with van der Waals surface area (Å²) in [5, 5.41) is 4.69. The first kappa shape index (κ1) is 20.0. The highest BCUT2D eigenvalue weighted by molar-refractivity contribution is 7.80. The number of halogens is 1. The van der Waals surface area contributed by atoms with Gasteiger partial charge in [-0.1, -0.05) is 29.8 Å². The van der Waals surface area contributed by atoms with Crippen LogP contribution in [0.15, 0.2) is 42.7 Å². The van der Waals surface area contributed by atoms with Gasteiger partial charge in [0.25, 0.3) is 0 Å². The minimum Gasteiger partial charge on any atom is -0.379 e. The molecule has 5 nitrogen and oxygen atoms in total. The maximum atomic E-state index is 6.43. The molecule has 27 heavy (non-hydrogen) atoms. The molecule has 0 amide bonds. The van der Waals surface area contributed by atoms with Crippen LogP contribution in [0.2, 0.25) is 5.02 Å². The summed E-state index contributed by atoms with van der Waals surface area (Å²) >= 11 is 12.1. The first-order chi connectivity index (χ1) is 13.1. The number of anilines is 1. The molecule has 0 spiro atoms. The predicted molar refractivity (Wildman–Crippen MR) is 114 cm³/mol. The Balaban J connectivity index is 1.69. The first-order valence-electron chi connectivity index (χ1n) is 9.13. The van der Waals surface area contributed by atoms with Crippen LogP contribution < -0.4 is 5.32 Å². The summed E-state index contributed by atoms with van der Waals surface area (Å²) in [4.78, 5) is 8.79. The van der Waals surface area contributed by atoms with E-state index < -0.39 is 0 Å². The molecule has 0 saturated carbocycles. The van der Waals surface area contributed by atoms with Gasteiger partial charge < -0.3 is 15.0 Å². The Kier molecular flexibility index (Phi) is 7.41. The van der Waals surface area contributed by atoms with E-state index in [0.29, 0.717) is 16.7 Å². The van der Waals surface area contributed by atoms with E-state index in [-0.39, 0.29) is 0 Å². The van der Waals surface area contributed by atoms with Crippen LogP contribution in [0, 0.1) is 6.92 Å². The zero-order valence-electron chi connectivity index (χ0n) is 15.5. The van der Waals surface area contributed by atoms with Gasteiger partial charge in [-0.05, 0) is 42.4 Å². The quantitative estimate of drug-likeness (QED) is 0.742. The monoisotopic (exact) mass is 404 g/mol. The van der Waals surface area contributed by atoms with Gasteiger partial charge >= 0.3 is 0 Å². The zero-order valence-corrected chi connectivity index (χ0v) is 17.1. The number of nitrogens with zero attached hydrogens (tertiary/aromatic N) is 3. The standard InChI is InChI=1S/C20H25ClN4OS/c1-16-4-2-6-18(19(16)21)23-20(27)25(15-17-5-3-7-22-14-17)9-8-24-10-12-26-13-11-24/h2-7,14H,8-13,15H2,1H3,(H,23,27). The number of hydrogen-bond donors (Lipinski definition) is 1. The fourth-order valence-corrected chi connectivity index (χ4v) is 3.43. The minimum atomic E-state index is 0.666. The van der Waals surface area contributed by atoms with Crippen molar-refractivity contribution in [2.45, 2.75) is 13.5 Å². The molecule has 0 atom stereocenters. The van der Waals surface area contributed by atoms with Crippen LogP contribution in [0.3, 0.4) is 0 Å². The van der Waals surface area contributed by atoms with Gasteiger partial charge in [-0.3, -0.25) is 9.88 Å². The smallest absolute Gasteiger partial charge is 0.173 e. The molecule has 7 heteroatoms. The molecule has 0 bridgehead atoms. The Bertz CT molecular complexity index is 753. The third kappa shape index (κ3) is 5.87. The van der Waals surface area contributed by atoms with Gasteiger partial charge in [-0.2, -0.15) is 0 Å². The van der Waals surface area contributed by atoms with Crippen LogP contribution in [0.5, 0.6) is 0 Å². The van der Waals surface area contributed by atoms with Crippen molar-refractivity contribution in [1.82, 2.24) is 14.8 Å². The van der Waals surface area contributed by atoms with Crippen LogP contribution in [0.1, 0.15) is 11.1 Å². The Labute approximate surface area is 171 Å². The highest BCUT2D eigenvalue weighted by atomic mass is 35.5. The second-order valence-electron chi connectivity index (χ2n) is 6.60. The molecule has 1 N–H and O–H groups in total. The molecular weight excluding hydrogens is 380 g/mol. The van der Waals surface area contributed by atoms with Crippen molar-refractivity contribution in [1.29, 1.82) is 0 Å². The Hall–Kier alpha value is -1.73. The van der Waals surface area contributed by atoms with Gasteiger partial charge in [0, 0.05) is 45.1 Å². The summed E-state index contributed by atoms with van der Waals surface area (Å²) in [6.07, 6.45) is 3.66. The second-order valence-corrected chi connectivity index (χ2v) is 7.37. The van der Waals surface area contributed by atoms with Gasteiger partial charge in [0.05, 0.1) is 23.9 Å². The third-order valence-electron chi connectivity index (χ3n) is 4.61. The molecule has 1 aliphatic rings. The van der Waals surface area contributed by atoms with E-state index in [9.17, 15) is 0 Å². The van der Waals surface area contributed by atoms with E-state index in [1.165, 1.54) is 0 Å². The Morgan fingerprint density at radius 1 is 1.30 bits per heavy atom. The average Bonchev–Trinajstić information content (AvgIpc) is 2.70. The molecule has 1 aliphatic heterocycles. The molecule has 1 aromatic carbocycles. The van der Waals surface area contributed by atoms with E-state index in [0.717, 1.165) is 56.2 Å². The number of ether oxygens (including phenoxy) is 1. The van der Waals surface area contributed by atoms with E-state index in [2.05, 4.69) is 26.2 Å². The van der Waals surface area contributed by atoms with Crippen molar-refractivity contribution in [3.8, 4) is 0 Å². The first-order valence-corrected chi connectivity index (χ1v) is 9.92. The zero-order chi connectivity index (χ0) is 19.1. The topological polar surface area (TPSA) is 40.6 Å². The van der Waals surface area contributed by atoms with Crippen LogP contribution in [-0.2, 0) is 11.3 Å². The van der Waals surface area contributed by atoms with Gasteiger partial charge in [-0.15, -0.1) is 0 Å². The van der Waals surface area contributed by atoms with E-state index in [1.54, 1.807) is 6.20 Å². The number of aromatic nitrogens is 1. The van der Waals surface area contributed by atoms with Crippen LogP contribution in [0.25, 0.3) is 0 Å². The molecule has 1 saturated heterocycles. The summed E-state index contributed by atoms with van der Waals surface area (Å²) < 4.78 is 5.44. The molecule has 1 aromatic heterocycles. The Morgan fingerprint density at radius 3 is 2.85 bits per heavy atom. The summed E-state index contributed by atoms with van der Waals surface area (Å²) in [7, 11) is 0. The van der Waals surface area contributed by atoms with Crippen molar-refractivity contribution in [2.24, 2.45) is 0 Å². The van der Waals surface area contributed by atoms with Crippen molar-refractivity contribution in [2.75, 3.05) is 44.7 Å². The lowest BCUT2D eigenvalue weighted by Gasteiger charge is -2.31. The summed E-state index contributed by atoms with van der Waals surface area (Å²) in [5.41, 5.74) is 2.99. The second kappa shape index (κ2) is 9.99. The molecule has 2 heterocycles. The van der Waals surface area contributed by atoms with Crippen LogP contribution >= 0.6 is 23.8 Å². The van der Waals surface area contributed by atoms with Gasteiger partial charge in [0.15, 0.2) is 5.11 Å². The Morgan fingerprint density at radius 2 is 2.11 bits per heavy atom. The van der Waals surface area contributed by atoms with E-state index in [1.807, 2.05) is 37.4 Å². The number of benzene rings is 1. The van der Waals surface area contributed by atoms with Crippen LogP contribution in [0.4, 0.5) is 5.69 Å². The third-order valence-corrected chi connectivity index (χ3v) is 5.47. The van der Waals surface area contributed by atoms with E-state index in [4.69, 9.17) is 28.6 Å². The number of nitrogens with one attached hydrogen (secondary N) is 1. The molecule has 144 valence electrons. The highest BCUT2D eigenvalue weighted by Crippen LogP contribution is 2.25.